The van der Waals surface area contributed by atoms with E-state index in [0.717, 1.165) is 0 Å². The van der Waals surface area contributed by atoms with Gasteiger partial charge in [0.15, 0.2) is 6.17 Å². The average molecular weight is 242 g/mol. The molecule has 2 nitrogen and oxygen atoms in total. The summed E-state index contributed by atoms with van der Waals surface area (Å²) in [5.41, 5.74) is 0. The maximum atomic E-state index is 12.7. The van der Waals surface area contributed by atoms with Gasteiger partial charge < -0.3 is 8.85 Å². The van der Waals surface area contributed by atoms with Crippen molar-refractivity contribution in [1.82, 2.24) is 0 Å². The minimum Gasteiger partial charge on any atom is -0.394 e. The molecule has 0 aliphatic carbocycles. The molecule has 0 N–H and O–H groups in total. The molecule has 0 fully saturated rings. The van der Waals surface area contributed by atoms with E-state index < -0.39 is 21.9 Å². The van der Waals surface area contributed by atoms with Gasteiger partial charge in [-0.2, -0.15) is 0 Å². The van der Waals surface area contributed by atoms with Crippen LogP contribution in [0.2, 0.25) is 0 Å². The average Bonchev–Trinajstić information content (AvgIpc) is 2.17. The molecule has 0 saturated carbocycles. The molecule has 0 aromatic heterocycles. The van der Waals surface area contributed by atoms with Crippen LogP contribution < -0.4 is 0 Å². The highest BCUT2D eigenvalue weighted by molar-refractivity contribution is 6.53. The number of hydrogen-bond donors (Lipinski definition) is 0. The van der Waals surface area contributed by atoms with Crippen LogP contribution >= 0.6 is 0 Å². The first-order chi connectivity index (χ1) is 7.02. The lowest BCUT2D eigenvalue weighted by molar-refractivity contribution is 0.0504. The van der Waals surface area contributed by atoms with Crippen molar-refractivity contribution in [3.05, 3.63) is 11.8 Å². The van der Waals surface area contributed by atoms with Gasteiger partial charge in [0.05, 0.1) is 0 Å². The molecular weight excluding hydrogens is 225 g/mol. The fourth-order valence-electron chi connectivity index (χ4n) is 1.02. The Bertz CT molecular complexity index is 184. The van der Waals surface area contributed by atoms with Crippen LogP contribution in [0.3, 0.4) is 0 Å². The number of halogens is 3. The smallest absolute Gasteiger partial charge is 0.351 e. The molecule has 0 radical (unpaired) electrons. The maximum absolute atomic E-state index is 12.7. The lowest BCUT2D eigenvalue weighted by Gasteiger charge is -2.18. The van der Waals surface area contributed by atoms with Gasteiger partial charge in [0.1, 0.15) is 0 Å². The molecule has 6 heteroatoms. The largest absolute Gasteiger partial charge is 0.394 e. The zero-order valence-electron chi connectivity index (χ0n) is 9.01. The normalized spacial score (nSPS) is 13.5. The van der Waals surface area contributed by atoms with Crippen molar-refractivity contribution in [3.63, 3.8) is 0 Å². The van der Waals surface area contributed by atoms with Crippen LogP contribution in [-0.2, 0) is 8.85 Å². The van der Waals surface area contributed by atoms with Gasteiger partial charge in [-0.15, -0.1) is 0 Å². The molecule has 0 aliphatic heterocycles. The molecule has 0 rings (SSSR count). The Hall–Kier alpha value is -0.333. The summed E-state index contributed by atoms with van der Waals surface area (Å²) in [5.74, 6) is 0. The van der Waals surface area contributed by atoms with Gasteiger partial charge >= 0.3 is 9.28 Å². The third-order valence-corrected chi connectivity index (χ3v) is 3.87. The minimum atomic E-state index is -2.97. The summed E-state index contributed by atoms with van der Waals surface area (Å²) in [7, 11) is -2.19. The highest BCUT2D eigenvalue weighted by atomic mass is 28.3. The highest BCUT2D eigenvalue weighted by Gasteiger charge is 2.25. The van der Waals surface area contributed by atoms with E-state index >= 15 is 0 Å². The van der Waals surface area contributed by atoms with Crippen LogP contribution in [0.25, 0.3) is 0 Å². The van der Waals surface area contributed by atoms with Crippen LogP contribution in [0, 0.1) is 0 Å². The first-order valence-electron chi connectivity index (χ1n) is 4.85. The summed E-state index contributed by atoms with van der Waals surface area (Å²) < 4.78 is 47.1. The van der Waals surface area contributed by atoms with E-state index in [2.05, 4.69) is 6.58 Å². The van der Waals surface area contributed by atoms with Crippen LogP contribution in [-0.4, -0.2) is 35.1 Å². The quantitative estimate of drug-likeness (QED) is 0.608. The molecule has 0 aliphatic rings. The van der Waals surface area contributed by atoms with Crippen molar-refractivity contribution < 1.29 is 22.0 Å². The first-order valence-corrected chi connectivity index (χ1v) is 6.38. The summed E-state index contributed by atoms with van der Waals surface area (Å²) in [6, 6.07) is 0. The van der Waals surface area contributed by atoms with Gasteiger partial charge in [-0.1, -0.05) is 6.58 Å². The molecular formula is C9H17F3O2Si. The molecule has 0 amide bonds. The number of alkyl halides is 3. The molecule has 90 valence electrons. The molecule has 1 atom stereocenters. The molecule has 0 saturated heterocycles. The van der Waals surface area contributed by atoms with Gasteiger partial charge in [-0.25, -0.2) is 13.2 Å². The first kappa shape index (κ1) is 14.7. The van der Waals surface area contributed by atoms with E-state index in [0.29, 0.717) is 18.4 Å². The summed E-state index contributed by atoms with van der Waals surface area (Å²) in [5, 5.41) is 0.339. The van der Waals surface area contributed by atoms with E-state index in [1.807, 2.05) is 0 Å². The second-order valence-electron chi connectivity index (χ2n) is 2.96. The van der Waals surface area contributed by atoms with Gasteiger partial charge in [0, 0.05) is 19.6 Å². The Morgan fingerprint density at radius 3 is 2.00 bits per heavy atom. The van der Waals surface area contributed by atoms with E-state index in [1.165, 1.54) is 0 Å². The third-order valence-electron chi connectivity index (χ3n) is 1.70. The van der Waals surface area contributed by atoms with Gasteiger partial charge in [-0.3, -0.25) is 0 Å². The third kappa shape index (κ3) is 5.96. The standard InChI is InChI=1S/C9H17F3O2Si/c1-4-13-15(14-5-2)7(3)6-8(10)9(11)12/h8-9,15H,3-6H2,1-2H3. The van der Waals surface area contributed by atoms with E-state index in [-0.39, 0.29) is 6.42 Å². The van der Waals surface area contributed by atoms with E-state index in [9.17, 15) is 13.2 Å². The van der Waals surface area contributed by atoms with Crippen LogP contribution in [0.4, 0.5) is 13.2 Å². The van der Waals surface area contributed by atoms with Crippen LogP contribution in [0.5, 0.6) is 0 Å². The maximum Gasteiger partial charge on any atom is 0.351 e. The van der Waals surface area contributed by atoms with Gasteiger partial charge in [-0.05, 0) is 19.0 Å². The second kappa shape index (κ2) is 7.89. The van der Waals surface area contributed by atoms with Crippen molar-refractivity contribution in [3.8, 4) is 0 Å². The predicted molar refractivity (Wildman–Crippen MR) is 55.1 cm³/mol. The van der Waals surface area contributed by atoms with Crippen molar-refractivity contribution in [2.75, 3.05) is 13.2 Å². The SMILES string of the molecule is C=C(CC(F)C(F)F)[SiH](OCC)OCC. The van der Waals surface area contributed by atoms with E-state index in [1.54, 1.807) is 13.8 Å². The lowest BCUT2D eigenvalue weighted by Crippen LogP contribution is -2.28. The molecule has 0 aromatic carbocycles. The monoisotopic (exact) mass is 242 g/mol. The predicted octanol–water partition coefficient (Wildman–Crippen LogP) is 2.37. The molecule has 0 heterocycles. The number of hydrogen-bond acceptors (Lipinski definition) is 2. The lowest BCUT2D eigenvalue weighted by atomic mass is 10.3. The summed E-state index contributed by atoms with van der Waals surface area (Å²) in [6.07, 6.45) is -5.53. The van der Waals surface area contributed by atoms with E-state index in [4.69, 9.17) is 8.85 Å². The van der Waals surface area contributed by atoms with Crippen molar-refractivity contribution >= 4 is 9.28 Å². The molecule has 0 bridgehead atoms. The summed E-state index contributed by atoms with van der Waals surface area (Å²) in [6.45, 7) is 7.93. The zero-order chi connectivity index (χ0) is 11.8. The van der Waals surface area contributed by atoms with Crippen molar-refractivity contribution in [2.45, 2.75) is 32.9 Å². The van der Waals surface area contributed by atoms with Crippen LogP contribution in [0.15, 0.2) is 11.8 Å². The Morgan fingerprint density at radius 2 is 1.67 bits per heavy atom. The molecule has 15 heavy (non-hydrogen) atoms. The fraction of sp³-hybridized carbons (Fsp3) is 0.778. The number of rotatable bonds is 8. The fourth-order valence-corrected chi connectivity index (χ4v) is 2.61. The zero-order valence-corrected chi connectivity index (χ0v) is 10.2. The molecule has 0 aromatic rings. The molecule has 1 unspecified atom stereocenters. The van der Waals surface area contributed by atoms with Crippen LogP contribution in [0.1, 0.15) is 20.3 Å². The van der Waals surface area contributed by atoms with Crippen molar-refractivity contribution in [2.24, 2.45) is 0 Å². The minimum absolute atomic E-state index is 0.339. The Labute approximate surface area is 89.9 Å². The number of allylic oxidation sites excluding steroid dienone is 1. The summed E-state index contributed by atoms with van der Waals surface area (Å²) in [4.78, 5) is 0. The second-order valence-corrected chi connectivity index (χ2v) is 5.10. The Balaban J connectivity index is 4.12. The summed E-state index contributed by atoms with van der Waals surface area (Å²) >= 11 is 0. The van der Waals surface area contributed by atoms with Gasteiger partial charge in [0.25, 0.3) is 6.43 Å². The van der Waals surface area contributed by atoms with Gasteiger partial charge in [0.2, 0.25) is 0 Å². The Morgan fingerprint density at radius 1 is 1.20 bits per heavy atom. The van der Waals surface area contributed by atoms with Crippen molar-refractivity contribution in [1.29, 1.82) is 0 Å². The highest BCUT2D eigenvalue weighted by Crippen LogP contribution is 2.17. The topological polar surface area (TPSA) is 18.5 Å². The Kier molecular flexibility index (Phi) is 7.72. The molecule has 0 spiro atoms.